The summed E-state index contributed by atoms with van der Waals surface area (Å²) in [4.78, 5) is 47.8. The molecular formula is C99H174N10O9S. The molecule has 7 heterocycles. The molecule has 6 N–H and O–H groups in total. The summed E-state index contributed by atoms with van der Waals surface area (Å²) in [5.74, 6) is -0.599. The number of ether oxygens (including phenoxy) is 2. The molecule has 0 saturated carbocycles. The van der Waals surface area contributed by atoms with E-state index in [2.05, 4.69) is 245 Å². The Morgan fingerprint density at radius 1 is 0.504 bits per heavy atom. The number of hydrogen-bond donors (Lipinski definition) is 5. The number of aliphatic hydroxyl groups excluding tert-OH is 1. The first-order chi connectivity index (χ1) is 54.9. The van der Waals surface area contributed by atoms with Gasteiger partial charge in [-0.3, -0.25) is 19.4 Å². The molecule has 7 aliphatic rings. The van der Waals surface area contributed by atoms with Crippen LogP contribution in [0.4, 0.5) is 0 Å². The number of piperidine rings is 3. The number of aliphatic hydroxyl groups is 1. The number of amides is 2. The van der Waals surface area contributed by atoms with Crippen molar-refractivity contribution in [3.8, 4) is 0 Å². The Balaban J connectivity index is 0.000000348. The molecule has 4 aromatic carbocycles. The first-order valence-corrected chi connectivity index (χ1v) is 46.4. The van der Waals surface area contributed by atoms with E-state index in [1.54, 1.807) is 44.3 Å². The fourth-order valence-corrected chi connectivity index (χ4v) is 16.1. The molecule has 2 amide bonds. The molecule has 4 aromatic rings. The van der Waals surface area contributed by atoms with E-state index in [1.807, 2.05) is 53.4 Å². The Morgan fingerprint density at radius 3 is 1.27 bits per heavy atom. The number of nitrogens with zero attached hydrogens (tertiary/aromatic N) is 7. The number of carboxylic acid groups (broad SMARTS) is 1. The monoisotopic (exact) mass is 1680 g/mol. The average Bonchev–Trinajstić information content (AvgIpc) is 1.36. The molecule has 7 fully saturated rings. The molecular weight excluding hydrogens is 1510 g/mol. The van der Waals surface area contributed by atoms with E-state index in [0.29, 0.717) is 59.3 Å². The summed E-state index contributed by atoms with van der Waals surface area (Å²) in [7, 11) is 0.736. The maximum absolute atomic E-state index is 11.9. The van der Waals surface area contributed by atoms with Gasteiger partial charge in [-0.2, -0.15) is 4.31 Å². The summed E-state index contributed by atoms with van der Waals surface area (Å²) >= 11 is 0. The number of carbonyl (C=O) groups excluding carboxylic acids is 2. The number of piperazine rings is 2. The molecule has 0 aromatic heterocycles. The molecule has 19 nitrogen and oxygen atoms in total. The number of carbonyl (C=O) groups is 3. The molecule has 1 unspecified atom stereocenters. The summed E-state index contributed by atoms with van der Waals surface area (Å²) in [6.07, 6.45) is 14.6. The van der Waals surface area contributed by atoms with E-state index in [0.717, 1.165) is 75.5 Å². The number of sulfonamides is 1. The Morgan fingerprint density at radius 2 is 0.924 bits per heavy atom. The van der Waals surface area contributed by atoms with Crippen LogP contribution in [0.5, 0.6) is 0 Å². The van der Waals surface area contributed by atoms with Crippen LogP contribution < -0.4 is 16.4 Å². The normalized spacial score (nSPS) is 19.2. The number of likely N-dealkylation sites (N-methyl/N-ethyl adjacent to an activating group) is 1. The van der Waals surface area contributed by atoms with E-state index in [1.165, 1.54) is 139 Å². The van der Waals surface area contributed by atoms with Crippen LogP contribution in [0.2, 0.25) is 0 Å². The molecule has 11 rings (SSSR count). The highest BCUT2D eigenvalue weighted by atomic mass is 32.2. The van der Waals surface area contributed by atoms with Crippen LogP contribution >= 0.6 is 0 Å². The van der Waals surface area contributed by atoms with Crippen LogP contribution in [0.1, 0.15) is 318 Å². The number of rotatable bonds is 9. The number of nitrogens with two attached hydrogens (primary N) is 1. The van der Waals surface area contributed by atoms with Crippen molar-refractivity contribution in [1.29, 1.82) is 0 Å². The second kappa shape index (κ2) is 49.5. The predicted molar refractivity (Wildman–Crippen MR) is 501 cm³/mol. The van der Waals surface area contributed by atoms with Gasteiger partial charge in [0, 0.05) is 146 Å². The van der Waals surface area contributed by atoms with Gasteiger partial charge in [0.25, 0.3) is 5.91 Å². The molecule has 7 aliphatic heterocycles. The van der Waals surface area contributed by atoms with E-state index >= 15 is 0 Å². The lowest BCUT2D eigenvalue weighted by molar-refractivity contribution is -0.168. The van der Waals surface area contributed by atoms with Crippen molar-refractivity contribution in [2.75, 3.05) is 125 Å². The third-order valence-electron chi connectivity index (χ3n) is 22.8. The molecule has 0 aliphatic carbocycles. The van der Waals surface area contributed by atoms with Gasteiger partial charge in [-0.1, -0.05) is 183 Å². The average molecular weight is 1680 g/mol. The lowest BCUT2D eigenvalue weighted by atomic mass is 9.87. The van der Waals surface area contributed by atoms with Crippen molar-refractivity contribution in [3.05, 3.63) is 142 Å². The largest absolute Gasteiger partial charge is 0.478 e. The summed E-state index contributed by atoms with van der Waals surface area (Å²) in [5.41, 5.74) is 15.9. The third kappa shape index (κ3) is 41.9. The van der Waals surface area contributed by atoms with Gasteiger partial charge in [-0.25, -0.2) is 13.2 Å². The van der Waals surface area contributed by atoms with Crippen LogP contribution in [-0.2, 0) is 59.2 Å². The zero-order chi connectivity index (χ0) is 90.2. The highest BCUT2D eigenvalue weighted by Gasteiger charge is 2.36. The van der Waals surface area contributed by atoms with Crippen molar-refractivity contribution >= 4 is 27.8 Å². The summed E-state index contributed by atoms with van der Waals surface area (Å²) in [6.45, 7) is 77.3. The van der Waals surface area contributed by atoms with E-state index < -0.39 is 20.7 Å². The zero-order valence-electron chi connectivity index (χ0n) is 80.8. The van der Waals surface area contributed by atoms with E-state index in [-0.39, 0.29) is 46.0 Å². The third-order valence-corrected chi connectivity index (χ3v) is 25.4. The second-order valence-electron chi connectivity index (χ2n) is 42.9. The molecule has 20 heteroatoms. The molecule has 0 spiro atoms. The standard InChI is InChI=1S/C16H24O2.C14H28N2.C12H17NO.C11H14O2.C11H16O.C10H22N2.C9H20N2.C8H18N2O2S.C8H15NO/c1-16(2,3)14-9-7-13(8-10-14)12-18-15-6-4-5-11-17-15;1-14(2,3)16-11-7-13(8-12-16)15-9-5-4-6-10-15;1-12(2,3)10-7-5-9(6-8-10)11(14)13-4;1-11(2,3)9-6-4-8(5-7-9)10(12)13;1-11(2,3)10-6-4-9(8-12)5-7-10;1-10(2,3)9-12-7-5-11(4)6-8-12;1-9(2,3)11-6-4-8(10)5-7-11;1-8(2,3)13(11,12)10-6-4-9-5-7-10;1-8(2,3)9-6-4-5-7(9)10/h7-10,15H,4-6,11-12H2,1-3H3;13H,4-12H2,1-3H3;5-8H,1-4H3,(H,13,14);4-7H,1-3H3,(H,12,13);4-7,12H,8H2,1-3H3;5-9H2,1-4H3;8H,4-7,10H2,1-3H3;9H,4-7H2,1-3H3;4-6H2,1-3H3. The Labute approximate surface area is 727 Å². The predicted octanol–water partition coefficient (Wildman–Crippen LogP) is 18.2. The highest BCUT2D eigenvalue weighted by Crippen LogP contribution is 2.30. The summed E-state index contributed by atoms with van der Waals surface area (Å²) in [5, 5.41) is 23.2. The quantitative estimate of drug-likeness (QED) is 0.105. The lowest BCUT2D eigenvalue weighted by Crippen LogP contribution is -2.51. The van der Waals surface area contributed by atoms with E-state index in [4.69, 9.17) is 25.4 Å². The number of aromatic carboxylic acids is 1. The number of hydrogen-bond acceptors (Lipinski definition) is 15. The van der Waals surface area contributed by atoms with Gasteiger partial charge < -0.3 is 55.7 Å². The molecule has 119 heavy (non-hydrogen) atoms. The smallest absolute Gasteiger partial charge is 0.335 e. The van der Waals surface area contributed by atoms with Gasteiger partial charge in [-0.15, -0.1) is 0 Å². The van der Waals surface area contributed by atoms with Gasteiger partial charge in [0.05, 0.1) is 23.5 Å². The Bertz CT molecular complexity index is 3580. The number of carboxylic acids is 1. The van der Waals surface area contributed by atoms with Gasteiger partial charge in [0.2, 0.25) is 15.9 Å². The van der Waals surface area contributed by atoms with Crippen molar-refractivity contribution < 1.29 is 42.5 Å². The zero-order valence-corrected chi connectivity index (χ0v) is 81.6. The topological polar surface area (TPSA) is 217 Å². The van der Waals surface area contributed by atoms with Gasteiger partial charge in [0.1, 0.15) is 0 Å². The van der Waals surface area contributed by atoms with E-state index in [9.17, 15) is 22.8 Å². The minimum atomic E-state index is -3.11. The Hall–Kier alpha value is -5.20. The molecule has 1 atom stereocenters. The molecule has 0 radical (unpaired) electrons. The minimum Gasteiger partial charge on any atom is -0.478 e. The number of nitrogens with one attached hydrogen (secondary N) is 2. The highest BCUT2D eigenvalue weighted by molar-refractivity contribution is 7.90. The molecule has 7 saturated heterocycles. The van der Waals surface area contributed by atoms with Crippen molar-refractivity contribution in [1.82, 2.24) is 44.3 Å². The van der Waals surface area contributed by atoms with Gasteiger partial charge in [-0.05, 0) is 252 Å². The molecule has 0 bridgehead atoms. The van der Waals surface area contributed by atoms with Gasteiger partial charge in [0.15, 0.2) is 6.29 Å². The van der Waals surface area contributed by atoms with Gasteiger partial charge >= 0.3 is 5.97 Å². The first kappa shape index (κ1) is 108. The first-order valence-electron chi connectivity index (χ1n) is 45.0. The van der Waals surface area contributed by atoms with Crippen LogP contribution in [0.25, 0.3) is 0 Å². The SMILES string of the molecule is CC(C)(C)N1CCC(N)CC1.CC(C)(C)N1CCC(N2CCCCC2)CC1.CC(C)(C)N1CCCC1=O.CC(C)(C)S(=O)(=O)N1CCNCC1.CC(C)(C)c1ccc(C(=O)O)cc1.CC(C)(C)c1ccc(CO)cc1.CC(C)(C)c1ccc(COC2CCCCO2)cc1.CN1CCN(CC(C)(C)C)CC1.CNC(=O)c1ccc(C(C)(C)C)cc1. The fraction of sp³-hybridized carbons (Fsp3) is 0.727. The number of benzene rings is 4. The maximum atomic E-state index is 11.9. The lowest BCUT2D eigenvalue weighted by Gasteiger charge is -2.44. The van der Waals surface area contributed by atoms with Crippen LogP contribution in [0, 0.1) is 5.41 Å². The molecule has 680 valence electrons. The number of likely N-dealkylation sites (tertiary alicyclic amines) is 4. The fourth-order valence-electron chi connectivity index (χ4n) is 14.7. The second-order valence-corrected chi connectivity index (χ2v) is 45.6. The summed E-state index contributed by atoms with van der Waals surface area (Å²) in [6, 6.07) is 32.9. The van der Waals surface area contributed by atoms with Crippen molar-refractivity contribution in [2.24, 2.45) is 11.1 Å². The van der Waals surface area contributed by atoms with Crippen LogP contribution in [0.15, 0.2) is 97.1 Å². The minimum absolute atomic E-state index is 0.000965. The Kier molecular flexibility index (Phi) is 44.9. The van der Waals surface area contributed by atoms with Crippen LogP contribution in [0.3, 0.4) is 0 Å². The van der Waals surface area contributed by atoms with Crippen LogP contribution in [-0.4, -0.2) is 235 Å². The van der Waals surface area contributed by atoms with Crippen molar-refractivity contribution in [3.63, 3.8) is 0 Å². The van der Waals surface area contributed by atoms with Crippen molar-refractivity contribution in [2.45, 2.75) is 339 Å². The summed E-state index contributed by atoms with van der Waals surface area (Å²) < 4.78 is 36.0. The maximum Gasteiger partial charge on any atom is 0.335 e.